The molecule has 0 aromatic carbocycles. The summed E-state index contributed by atoms with van der Waals surface area (Å²) in [4.78, 5) is 10.9. The lowest BCUT2D eigenvalue weighted by Gasteiger charge is -2.35. The summed E-state index contributed by atoms with van der Waals surface area (Å²) < 4.78 is 0. The Labute approximate surface area is 122 Å². The predicted molar refractivity (Wildman–Crippen MR) is 78.5 cm³/mol. The lowest BCUT2D eigenvalue weighted by Crippen LogP contribution is -2.45. The Morgan fingerprint density at radius 2 is 1.65 bits per heavy atom. The fourth-order valence-electron chi connectivity index (χ4n) is 3.87. The highest BCUT2D eigenvalue weighted by Crippen LogP contribution is 2.67. The smallest absolute Gasteiger partial charge is 0.306 e. The number of carbonyl (C=O) groups is 1. The summed E-state index contributed by atoms with van der Waals surface area (Å²) in [6, 6.07) is 0. The number of carboxylic acid groups (broad SMARTS) is 1. The van der Waals surface area contributed by atoms with Crippen LogP contribution in [-0.2, 0) is 4.79 Å². The van der Waals surface area contributed by atoms with E-state index >= 15 is 0 Å². The average molecular weight is 283 g/mol. The van der Waals surface area contributed by atoms with Crippen molar-refractivity contribution in [1.82, 2.24) is 5.32 Å². The maximum atomic E-state index is 10.9. The molecule has 0 radical (unpaired) electrons. The molecule has 0 unspecified atom stereocenters. The second-order valence-electron chi connectivity index (χ2n) is 7.96. The van der Waals surface area contributed by atoms with Gasteiger partial charge in [0.2, 0.25) is 0 Å². The molecule has 0 heterocycles. The van der Waals surface area contributed by atoms with Crippen LogP contribution in [0, 0.1) is 22.7 Å². The molecule has 4 heteroatoms. The Hall–Kier alpha value is -0.610. The topological polar surface area (TPSA) is 69.6 Å². The molecule has 0 aromatic heterocycles. The normalized spacial score (nSPS) is 35.8. The quantitative estimate of drug-likeness (QED) is 0.724. The first-order valence-corrected chi connectivity index (χ1v) is 7.76. The second kappa shape index (κ2) is 4.99. The Morgan fingerprint density at radius 3 is 2.05 bits per heavy atom. The fraction of sp³-hybridized carbons (Fsp3) is 0.938. The van der Waals surface area contributed by atoms with Crippen LogP contribution < -0.4 is 5.32 Å². The summed E-state index contributed by atoms with van der Waals surface area (Å²) in [6.45, 7) is 10.7. The third-order valence-electron chi connectivity index (χ3n) is 6.39. The minimum Gasteiger partial charge on any atom is -0.481 e. The molecule has 0 aliphatic heterocycles. The van der Waals surface area contributed by atoms with E-state index in [9.17, 15) is 9.90 Å². The van der Waals surface area contributed by atoms with E-state index in [4.69, 9.17) is 5.11 Å². The second-order valence-corrected chi connectivity index (χ2v) is 7.96. The first-order chi connectivity index (χ1) is 9.10. The molecule has 2 saturated carbocycles. The Balaban J connectivity index is 1.74. The van der Waals surface area contributed by atoms with Gasteiger partial charge in [0.15, 0.2) is 0 Å². The monoisotopic (exact) mass is 283 g/mol. The molecule has 2 aliphatic rings. The summed E-state index contributed by atoms with van der Waals surface area (Å²) in [5.74, 6) is -0.341. The molecule has 0 atom stereocenters. The van der Waals surface area contributed by atoms with Crippen LogP contribution in [0.5, 0.6) is 0 Å². The number of hydrogen-bond donors (Lipinski definition) is 3. The number of aliphatic carboxylic acids is 1. The molecule has 0 amide bonds. The predicted octanol–water partition coefficient (Wildman–Crippen LogP) is 2.26. The summed E-state index contributed by atoms with van der Waals surface area (Å²) >= 11 is 0. The van der Waals surface area contributed by atoms with Gasteiger partial charge in [-0.3, -0.25) is 4.79 Å². The zero-order chi connectivity index (χ0) is 15.2. The van der Waals surface area contributed by atoms with Gasteiger partial charge in [0.05, 0.1) is 11.5 Å². The van der Waals surface area contributed by atoms with Crippen LogP contribution in [0.25, 0.3) is 0 Å². The van der Waals surface area contributed by atoms with E-state index < -0.39 is 11.6 Å². The van der Waals surface area contributed by atoms with Gasteiger partial charge in [0.1, 0.15) is 0 Å². The fourth-order valence-corrected chi connectivity index (χ4v) is 3.87. The van der Waals surface area contributed by atoms with Crippen molar-refractivity contribution >= 4 is 5.97 Å². The molecule has 3 N–H and O–H groups in total. The van der Waals surface area contributed by atoms with Crippen LogP contribution in [0.1, 0.15) is 53.4 Å². The SMILES string of the molecule is CC1(C)C(CNCC2(O)CCC(C(=O)O)CC2)C1(C)C. The largest absolute Gasteiger partial charge is 0.481 e. The molecule has 0 bridgehead atoms. The van der Waals surface area contributed by atoms with Crippen LogP contribution >= 0.6 is 0 Å². The number of carboxylic acids is 1. The number of nitrogens with one attached hydrogen (secondary N) is 1. The van der Waals surface area contributed by atoms with E-state index in [0.29, 0.717) is 49.0 Å². The van der Waals surface area contributed by atoms with E-state index in [-0.39, 0.29) is 5.92 Å². The molecule has 4 nitrogen and oxygen atoms in total. The minimum atomic E-state index is -0.721. The maximum absolute atomic E-state index is 10.9. The molecule has 116 valence electrons. The van der Waals surface area contributed by atoms with Gasteiger partial charge in [-0.15, -0.1) is 0 Å². The van der Waals surface area contributed by atoms with Crippen molar-refractivity contribution in [3.63, 3.8) is 0 Å². The van der Waals surface area contributed by atoms with Crippen LogP contribution in [0.4, 0.5) is 0 Å². The van der Waals surface area contributed by atoms with E-state index in [0.717, 1.165) is 6.54 Å². The summed E-state index contributed by atoms with van der Waals surface area (Å²) in [6.07, 6.45) is 2.37. The van der Waals surface area contributed by atoms with Gasteiger partial charge >= 0.3 is 5.97 Å². The van der Waals surface area contributed by atoms with E-state index in [1.807, 2.05) is 0 Å². The molecular weight excluding hydrogens is 254 g/mol. The van der Waals surface area contributed by atoms with Crippen LogP contribution in [0.3, 0.4) is 0 Å². The van der Waals surface area contributed by atoms with Crippen LogP contribution in [-0.4, -0.2) is 34.9 Å². The van der Waals surface area contributed by atoms with Crippen LogP contribution in [0.15, 0.2) is 0 Å². The van der Waals surface area contributed by atoms with Crippen molar-refractivity contribution in [2.75, 3.05) is 13.1 Å². The third-order valence-corrected chi connectivity index (χ3v) is 6.39. The Kier molecular flexibility index (Phi) is 3.93. The molecule has 0 spiro atoms. The van der Waals surface area contributed by atoms with Crippen molar-refractivity contribution in [2.45, 2.75) is 59.0 Å². The Morgan fingerprint density at radius 1 is 1.15 bits per heavy atom. The minimum absolute atomic E-state index is 0.267. The van der Waals surface area contributed by atoms with Gasteiger partial charge in [0.25, 0.3) is 0 Å². The molecule has 0 saturated heterocycles. The molecule has 2 rings (SSSR count). The van der Waals surface area contributed by atoms with Crippen molar-refractivity contribution < 1.29 is 15.0 Å². The van der Waals surface area contributed by atoms with Crippen molar-refractivity contribution in [1.29, 1.82) is 0 Å². The van der Waals surface area contributed by atoms with Gasteiger partial charge in [-0.2, -0.15) is 0 Å². The first kappa shape index (κ1) is 15.8. The van der Waals surface area contributed by atoms with E-state index in [1.54, 1.807) is 0 Å². The molecule has 20 heavy (non-hydrogen) atoms. The van der Waals surface area contributed by atoms with Crippen molar-refractivity contribution in [3.8, 4) is 0 Å². The number of rotatable bonds is 5. The molecular formula is C16H29NO3. The highest BCUT2D eigenvalue weighted by Gasteiger charge is 2.63. The zero-order valence-electron chi connectivity index (χ0n) is 13.2. The summed E-state index contributed by atoms with van der Waals surface area (Å²) in [5.41, 5.74) is 0.0162. The lowest BCUT2D eigenvalue weighted by molar-refractivity contribution is -0.144. The van der Waals surface area contributed by atoms with Gasteiger partial charge in [-0.05, 0) is 49.0 Å². The Bertz CT molecular complexity index is 367. The highest BCUT2D eigenvalue weighted by atomic mass is 16.4. The highest BCUT2D eigenvalue weighted by molar-refractivity contribution is 5.70. The standard InChI is InChI=1S/C16H29NO3/c1-14(2)12(15(14,3)4)9-17-10-16(20)7-5-11(6-8-16)13(18)19/h11-12,17,20H,5-10H2,1-4H3,(H,18,19). The number of aliphatic hydroxyl groups is 1. The molecule has 2 fully saturated rings. The summed E-state index contributed by atoms with van der Waals surface area (Å²) in [5, 5.41) is 22.9. The zero-order valence-corrected chi connectivity index (χ0v) is 13.2. The van der Waals surface area contributed by atoms with E-state index in [1.165, 1.54) is 0 Å². The summed E-state index contributed by atoms with van der Waals surface area (Å²) in [7, 11) is 0. The molecule has 0 aromatic rings. The van der Waals surface area contributed by atoms with Crippen molar-refractivity contribution in [3.05, 3.63) is 0 Å². The third kappa shape index (κ3) is 2.73. The van der Waals surface area contributed by atoms with Gasteiger partial charge in [-0.25, -0.2) is 0 Å². The first-order valence-electron chi connectivity index (χ1n) is 7.76. The maximum Gasteiger partial charge on any atom is 0.306 e. The van der Waals surface area contributed by atoms with Gasteiger partial charge < -0.3 is 15.5 Å². The molecule has 2 aliphatic carbocycles. The number of hydrogen-bond acceptors (Lipinski definition) is 3. The van der Waals surface area contributed by atoms with E-state index in [2.05, 4.69) is 33.0 Å². The van der Waals surface area contributed by atoms with Crippen LogP contribution in [0.2, 0.25) is 0 Å². The average Bonchev–Trinajstić information content (AvgIpc) is 2.72. The lowest BCUT2D eigenvalue weighted by atomic mass is 9.79. The van der Waals surface area contributed by atoms with Crippen molar-refractivity contribution in [2.24, 2.45) is 22.7 Å². The van der Waals surface area contributed by atoms with Gasteiger partial charge in [-0.1, -0.05) is 27.7 Å². The van der Waals surface area contributed by atoms with Gasteiger partial charge in [0, 0.05) is 6.54 Å².